The number of ketones is 1. The van der Waals surface area contributed by atoms with E-state index < -0.39 is 58.3 Å². The van der Waals surface area contributed by atoms with Crippen LogP contribution in [-0.4, -0.2) is 124 Å². The number of hydrogen-bond donors (Lipinski definition) is 3. The monoisotopic (exact) mass is 834 g/mol. The number of benzene rings is 2. The molecule has 1 aliphatic carbocycles. The number of nitrogens with zero attached hydrogens (tertiary/aromatic N) is 3. The van der Waals surface area contributed by atoms with Gasteiger partial charge in [0, 0.05) is 34.1 Å². The Hall–Kier alpha value is -4.37. The van der Waals surface area contributed by atoms with E-state index >= 15 is 0 Å². The molecular weight excluding hydrogens is 777 g/mol. The number of thioether (sulfide) groups is 2. The van der Waals surface area contributed by atoms with Gasteiger partial charge >= 0.3 is 0 Å². The Kier molecular flexibility index (Phi) is 16.2. The second-order valence-electron chi connectivity index (χ2n) is 15.7. The molecule has 0 bridgehead atoms. The molecule has 2 saturated heterocycles. The quantitative estimate of drug-likeness (QED) is 0.214. The molecule has 5 rings (SSSR count). The first-order chi connectivity index (χ1) is 27.8. The molecule has 1 spiro atoms. The van der Waals surface area contributed by atoms with Gasteiger partial charge in [0.05, 0.1) is 23.1 Å². The maximum atomic E-state index is 15.0. The van der Waals surface area contributed by atoms with Crippen LogP contribution in [-0.2, 0) is 40.0 Å². The minimum absolute atomic E-state index is 0.0582. The van der Waals surface area contributed by atoms with Gasteiger partial charge in [-0.05, 0) is 54.2 Å². The minimum Gasteiger partial charge on any atom is -0.347 e. The number of likely N-dealkylation sites (tertiary alicyclic amines) is 1. The molecule has 0 aromatic heterocycles. The van der Waals surface area contributed by atoms with E-state index in [1.165, 1.54) is 4.90 Å². The SMILES string of the molecule is CCCC(NC(=O)C1CC2(CN1C(=O)C(C1CCCCC1)N(C)C(=O)Cc1ccccc1)SCCCS2)C(=O)C(=O)NCC(=O)NC(C(=O)N(C)C)c1ccccc1. The lowest BCUT2D eigenvalue weighted by atomic mass is 9.82. The first-order valence-corrected chi connectivity index (χ1v) is 22.4. The third-order valence-electron chi connectivity index (χ3n) is 11.2. The van der Waals surface area contributed by atoms with Crippen molar-refractivity contribution in [1.29, 1.82) is 0 Å². The van der Waals surface area contributed by atoms with Crippen LogP contribution in [0.1, 0.15) is 81.9 Å². The average Bonchev–Trinajstić information content (AvgIpc) is 3.60. The number of nitrogens with one attached hydrogen (secondary N) is 3. The Morgan fingerprint density at radius 3 is 2.10 bits per heavy atom. The van der Waals surface area contributed by atoms with Crippen LogP contribution in [0.3, 0.4) is 0 Å². The van der Waals surface area contributed by atoms with Gasteiger partial charge < -0.3 is 30.7 Å². The summed E-state index contributed by atoms with van der Waals surface area (Å²) in [5.74, 6) is -2.22. The van der Waals surface area contributed by atoms with Crippen molar-refractivity contribution in [3.8, 4) is 0 Å². The predicted molar refractivity (Wildman–Crippen MR) is 227 cm³/mol. The van der Waals surface area contributed by atoms with E-state index in [9.17, 15) is 33.6 Å². The molecule has 58 heavy (non-hydrogen) atoms. The van der Waals surface area contributed by atoms with Crippen molar-refractivity contribution in [3.63, 3.8) is 0 Å². The largest absolute Gasteiger partial charge is 0.347 e. The lowest BCUT2D eigenvalue weighted by molar-refractivity contribution is -0.150. The topological polar surface area (TPSA) is 165 Å². The van der Waals surface area contributed by atoms with Gasteiger partial charge in [-0.15, -0.1) is 23.5 Å². The molecule has 15 heteroatoms. The summed E-state index contributed by atoms with van der Waals surface area (Å²) in [5, 5.41) is 7.84. The first kappa shape index (κ1) is 44.7. The molecule has 4 unspecified atom stereocenters. The Morgan fingerprint density at radius 1 is 0.845 bits per heavy atom. The van der Waals surface area contributed by atoms with Gasteiger partial charge in [0.15, 0.2) is 0 Å². The van der Waals surface area contributed by atoms with Crippen molar-refractivity contribution >= 4 is 64.8 Å². The van der Waals surface area contributed by atoms with Gasteiger partial charge in [-0.25, -0.2) is 0 Å². The Balaban J connectivity index is 1.31. The van der Waals surface area contributed by atoms with Crippen molar-refractivity contribution in [2.24, 2.45) is 5.92 Å². The highest BCUT2D eigenvalue weighted by atomic mass is 32.2. The predicted octanol–water partition coefficient (Wildman–Crippen LogP) is 3.72. The fourth-order valence-electron chi connectivity index (χ4n) is 8.12. The zero-order chi connectivity index (χ0) is 41.8. The molecule has 3 aliphatic rings. The third kappa shape index (κ3) is 11.4. The molecule has 4 atom stereocenters. The van der Waals surface area contributed by atoms with Gasteiger partial charge in [0.25, 0.3) is 5.91 Å². The van der Waals surface area contributed by atoms with Crippen molar-refractivity contribution in [3.05, 3.63) is 71.8 Å². The third-order valence-corrected chi connectivity index (χ3v) is 14.6. The summed E-state index contributed by atoms with van der Waals surface area (Å²) in [6, 6.07) is 14.3. The highest BCUT2D eigenvalue weighted by molar-refractivity contribution is 8.18. The Morgan fingerprint density at radius 2 is 1.48 bits per heavy atom. The van der Waals surface area contributed by atoms with Gasteiger partial charge in [-0.2, -0.15) is 0 Å². The van der Waals surface area contributed by atoms with Crippen LogP contribution in [0.15, 0.2) is 60.7 Å². The normalized spacial score (nSPS) is 19.3. The minimum atomic E-state index is -1.20. The van der Waals surface area contributed by atoms with Crippen LogP contribution in [0, 0.1) is 5.92 Å². The summed E-state index contributed by atoms with van der Waals surface area (Å²) in [7, 11) is 4.84. The van der Waals surface area contributed by atoms with E-state index in [2.05, 4.69) is 16.0 Å². The fraction of sp³-hybridized carbons (Fsp3) is 0.558. The Labute approximate surface area is 350 Å². The van der Waals surface area contributed by atoms with E-state index in [0.717, 1.165) is 55.6 Å². The zero-order valence-corrected chi connectivity index (χ0v) is 35.7. The summed E-state index contributed by atoms with van der Waals surface area (Å²) >= 11 is 3.50. The number of hydrogen-bond acceptors (Lipinski definition) is 9. The molecule has 3 fully saturated rings. The number of likely N-dealkylation sites (N-methyl/N-ethyl adjacent to an activating group) is 2. The smallest absolute Gasteiger partial charge is 0.290 e. The van der Waals surface area contributed by atoms with E-state index in [0.29, 0.717) is 24.9 Å². The lowest BCUT2D eigenvalue weighted by Gasteiger charge is -2.39. The second-order valence-corrected chi connectivity index (χ2v) is 18.9. The van der Waals surface area contributed by atoms with E-state index in [-0.39, 0.29) is 36.5 Å². The molecule has 6 amide bonds. The molecule has 3 N–H and O–H groups in total. The van der Waals surface area contributed by atoms with E-state index in [1.54, 1.807) is 84.8 Å². The number of carbonyl (C=O) groups excluding carboxylic acids is 7. The molecular formula is C43H58N6O7S2. The second kappa shape index (κ2) is 21.1. The highest BCUT2D eigenvalue weighted by Gasteiger charge is 2.53. The van der Waals surface area contributed by atoms with Gasteiger partial charge in [0.2, 0.25) is 35.3 Å². The molecule has 1 saturated carbocycles. The van der Waals surface area contributed by atoms with Crippen molar-refractivity contribution in [2.75, 3.05) is 45.7 Å². The number of rotatable bonds is 16. The summed E-state index contributed by atoms with van der Waals surface area (Å²) < 4.78 is -0.416. The summed E-state index contributed by atoms with van der Waals surface area (Å²) in [6.45, 7) is 1.59. The lowest BCUT2D eigenvalue weighted by Crippen LogP contribution is -2.58. The standard InChI is InChI=1S/C43H58N6O7S2/c1-5-16-32(38(52)40(54)44-27-34(50)46-36(41(55)47(2)3)30-19-11-7-12-20-30)45-39(53)33-26-43(57-23-15-24-58-43)28-49(33)42(56)37(31-21-13-8-14-22-31)48(4)35(51)25-29-17-9-6-10-18-29/h6-7,9-12,17-20,31-33,36-37H,5,8,13-16,21-28H2,1-4H3,(H,44,54)(H,45,53)(H,46,50). The van der Waals surface area contributed by atoms with Crippen LogP contribution in [0.2, 0.25) is 0 Å². The maximum Gasteiger partial charge on any atom is 0.290 e. The van der Waals surface area contributed by atoms with E-state index in [4.69, 9.17) is 0 Å². The highest BCUT2D eigenvalue weighted by Crippen LogP contribution is 2.51. The molecule has 2 heterocycles. The van der Waals surface area contributed by atoms with Crippen LogP contribution < -0.4 is 16.0 Å². The van der Waals surface area contributed by atoms with Crippen LogP contribution in [0.5, 0.6) is 0 Å². The van der Waals surface area contributed by atoms with Crippen molar-refractivity contribution in [1.82, 2.24) is 30.7 Å². The fourth-order valence-corrected chi connectivity index (χ4v) is 11.5. The summed E-state index contributed by atoms with van der Waals surface area (Å²) in [6.07, 6.45) is 6.76. The Bertz CT molecular complexity index is 1770. The van der Waals surface area contributed by atoms with Crippen LogP contribution in [0.4, 0.5) is 0 Å². The maximum absolute atomic E-state index is 15.0. The van der Waals surface area contributed by atoms with Crippen molar-refractivity contribution in [2.45, 2.75) is 99.4 Å². The molecule has 0 radical (unpaired) electrons. The van der Waals surface area contributed by atoms with Gasteiger partial charge in [-0.1, -0.05) is 93.3 Å². The van der Waals surface area contributed by atoms with Gasteiger partial charge in [0.1, 0.15) is 18.1 Å². The number of carbonyl (C=O) groups is 7. The summed E-state index contributed by atoms with van der Waals surface area (Å²) in [4.78, 5) is 100. The first-order valence-electron chi connectivity index (χ1n) is 20.4. The molecule has 314 valence electrons. The molecule has 2 aliphatic heterocycles. The van der Waals surface area contributed by atoms with Crippen molar-refractivity contribution < 1.29 is 33.6 Å². The van der Waals surface area contributed by atoms with E-state index in [1.807, 2.05) is 37.3 Å². The molecule has 2 aromatic rings. The molecule has 2 aromatic carbocycles. The van der Waals surface area contributed by atoms with Gasteiger partial charge in [-0.3, -0.25) is 33.6 Å². The van der Waals surface area contributed by atoms with Crippen LogP contribution in [0.25, 0.3) is 0 Å². The van der Waals surface area contributed by atoms with Crippen LogP contribution >= 0.6 is 23.5 Å². The average molecular weight is 835 g/mol. The summed E-state index contributed by atoms with van der Waals surface area (Å²) in [5.41, 5.74) is 1.41. The number of amides is 6. The molecule has 13 nitrogen and oxygen atoms in total. The zero-order valence-electron chi connectivity index (χ0n) is 34.1. The number of Topliss-reactive ketones (excluding diaryl/α,β-unsaturated/α-hetero) is 1.